The second kappa shape index (κ2) is 9.66. The van der Waals surface area contributed by atoms with Gasteiger partial charge in [0.15, 0.2) is 0 Å². The van der Waals surface area contributed by atoms with Gasteiger partial charge in [-0.1, -0.05) is 19.3 Å². The maximum atomic E-state index is 12.7. The molecule has 0 aromatic carbocycles. The number of urea groups is 1. The molecule has 2 aliphatic heterocycles. The molecule has 0 unspecified atom stereocenters. The normalized spacial score (nSPS) is 22.5. The Hall–Kier alpha value is -2.64. The lowest BCUT2D eigenvalue weighted by Gasteiger charge is -2.37. The van der Waals surface area contributed by atoms with E-state index in [0.29, 0.717) is 44.8 Å². The van der Waals surface area contributed by atoms with E-state index in [1.807, 2.05) is 17.9 Å². The Morgan fingerprint density at radius 2 is 1.61 bits per heavy atom. The molecule has 4 amide bonds. The fraction of sp³-hybridized carbons (Fsp3) is 0.652. The molecule has 2 saturated heterocycles. The number of aryl methyl sites for hydroxylation is 1. The molecule has 1 N–H and O–H groups in total. The Bertz CT molecular complexity index is 798. The summed E-state index contributed by atoms with van der Waals surface area (Å²) >= 11 is 0. The molecule has 8 nitrogen and oxygen atoms in total. The zero-order valence-electron chi connectivity index (χ0n) is 18.4. The van der Waals surface area contributed by atoms with E-state index in [0.717, 1.165) is 37.8 Å². The first-order chi connectivity index (χ1) is 15.0. The minimum Gasteiger partial charge on any atom is -0.339 e. The molecular weight excluding hydrogens is 394 g/mol. The van der Waals surface area contributed by atoms with Crippen LogP contribution in [0.3, 0.4) is 0 Å². The number of hydrogen-bond acceptors (Lipinski definition) is 4. The van der Waals surface area contributed by atoms with Crippen molar-refractivity contribution in [2.45, 2.75) is 51.5 Å². The zero-order valence-corrected chi connectivity index (χ0v) is 18.4. The molecule has 3 fully saturated rings. The van der Waals surface area contributed by atoms with E-state index in [-0.39, 0.29) is 29.8 Å². The van der Waals surface area contributed by atoms with Gasteiger partial charge in [-0.15, -0.1) is 0 Å². The summed E-state index contributed by atoms with van der Waals surface area (Å²) in [6.07, 6.45) is 7.92. The molecule has 0 spiro atoms. The predicted molar refractivity (Wildman–Crippen MR) is 117 cm³/mol. The van der Waals surface area contributed by atoms with Crippen molar-refractivity contribution in [3.63, 3.8) is 0 Å². The molecule has 168 valence electrons. The number of pyridine rings is 1. The lowest BCUT2D eigenvalue weighted by molar-refractivity contribution is -0.138. The zero-order chi connectivity index (χ0) is 21.8. The maximum Gasteiger partial charge on any atom is 0.317 e. The van der Waals surface area contributed by atoms with Gasteiger partial charge in [0.25, 0.3) is 5.91 Å². The van der Waals surface area contributed by atoms with Crippen LogP contribution in [0.4, 0.5) is 4.79 Å². The third-order valence-electron chi connectivity index (χ3n) is 6.79. The molecule has 8 heteroatoms. The summed E-state index contributed by atoms with van der Waals surface area (Å²) in [5.74, 6) is 0.411. The second-order valence-electron chi connectivity index (χ2n) is 9.02. The monoisotopic (exact) mass is 427 g/mol. The van der Waals surface area contributed by atoms with Crippen LogP contribution in [0.25, 0.3) is 0 Å². The highest BCUT2D eigenvalue weighted by atomic mass is 16.2. The van der Waals surface area contributed by atoms with Crippen LogP contribution in [-0.2, 0) is 4.79 Å². The van der Waals surface area contributed by atoms with E-state index < -0.39 is 0 Å². The fourth-order valence-corrected chi connectivity index (χ4v) is 4.84. The van der Waals surface area contributed by atoms with Gasteiger partial charge in [-0.05, 0) is 38.3 Å². The van der Waals surface area contributed by atoms with Gasteiger partial charge < -0.3 is 20.0 Å². The van der Waals surface area contributed by atoms with Crippen molar-refractivity contribution >= 4 is 17.8 Å². The first-order valence-corrected chi connectivity index (χ1v) is 11.6. The molecule has 1 aromatic heterocycles. The SMILES string of the molecule is Cc1ccc(C(=O)N2CC[C@@H](NC(=O)N3CCN(C(=O)C4CCCCC4)CC3)C2)cn1. The van der Waals surface area contributed by atoms with Crippen LogP contribution < -0.4 is 5.32 Å². The summed E-state index contributed by atoms with van der Waals surface area (Å²) in [6.45, 7) is 5.38. The maximum absolute atomic E-state index is 12.7. The van der Waals surface area contributed by atoms with Crippen molar-refractivity contribution in [2.24, 2.45) is 5.92 Å². The molecule has 1 atom stereocenters. The average Bonchev–Trinajstić information content (AvgIpc) is 3.27. The third kappa shape index (κ3) is 5.17. The van der Waals surface area contributed by atoms with E-state index in [2.05, 4.69) is 10.3 Å². The first-order valence-electron chi connectivity index (χ1n) is 11.6. The van der Waals surface area contributed by atoms with Gasteiger partial charge >= 0.3 is 6.03 Å². The van der Waals surface area contributed by atoms with Crippen LogP contribution in [-0.4, -0.2) is 82.8 Å². The van der Waals surface area contributed by atoms with Crippen molar-refractivity contribution in [3.05, 3.63) is 29.6 Å². The van der Waals surface area contributed by atoms with Crippen LogP contribution in [0.5, 0.6) is 0 Å². The van der Waals surface area contributed by atoms with Crippen molar-refractivity contribution in [1.82, 2.24) is 25.0 Å². The Kier molecular flexibility index (Phi) is 6.73. The third-order valence-corrected chi connectivity index (χ3v) is 6.79. The molecule has 1 aromatic rings. The van der Waals surface area contributed by atoms with E-state index in [1.54, 1.807) is 22.1 Å². The molecule has 3 heterocycles. The summed E-state index contributed by atoms with van der Waals surface area (Å²) < 4.78 is 0. The number of carbonyl (C=O) groups is 3. The van der Waals surface area contributed by atoms with Crippen LogP contribution in [0, 0.1) is 12.8 Å². The number of hydrogen-bond donors (Lipinski definition) is 1. The van der Waals surface area contributed by atoms with E-state index >= 15 is 0 Å². The average molecular weight is 428 g/mol. The minimum absolute atomic E-state index is 0.0425. The summed E-state index contributed by atoms with van der Waals surface area (Å²) in [5, 5.41) is 3.08. The lowest BCUT2D eigenvalue weighted by Crippen LogP contribution is -2.55. The largest absolute Gasteiger partial charge is 0.339 e. The summed E-state index contributed by atoms with van der Waals surface area (Å²) in [7, 11) is 0. The van der Waals surface area contributed by atoms with Crippen LogP contribution in [0.1, 0.15) is 54.6 Å². The standard InChI is InChI=1S/C23H33N5O3/c1-17-7-8-19(15-24-17)22(30)28-10-9-20(16-28)25-23(31)27-13-11-26(12-14-27)21(29)18-5-3-2-4-6-18/h7-8,15,18,20H,2-6,9-14,16H2,1H3,(H,25,31)/t20-/m1/s1. The van der Waals surface area contributed by atoms with Crippen molar-refractivity contribution in [3.8, 4) is 0 Å². The van der Waals surface area contributed by atoms with Gasteiger partial charge in [-0.3, -0.25) is 14.6 Å². The molecule has 3 aliphatic rings. The van der Waals surface area contributed by atoms with Crippen molar-refractivity contribution < 1.29 is 14.4 Å². The number of piperazine rings is 1. The minimum atomic E-state index is -0.0962. The summed E-state index contributed by atoms with van der Waals surface area (Å²) in [6, 6.07) is 3.49. The summed E-state index contributed by atoms with van der Waals surface area (Å²) in [4.78, 5) is 47.8. The van der Waals surface area contributed by atoms with Gasteiger partial charge in [0.05, 0.1) is 5.56 Å². The van der Waals surface area contributed by atoms with Crippen LogP contribution >= 0.6 is 0 Å². The number of aromatic nitrogens is 1. The fourth-order valence-electron chi connectivity index (χ4n) is 4.84. The quantitative estimate of drug-likeness (QED) is 0.800. The van der Waals surface area contributed by atoms with Crippen LogP contribution in [0.2, 0.25) is 0 Å². The van der Waals surface area contributed by atoms with Gasteiger partial charge in [-0.2, -0.15) is 0 Å². The smallest absolute Gasteiger partial charge is 0.317 e. The Morgan fingerprint density at radius 1 is 0.903 bits per heavy atom. The number of carbonyl (C=O) groups excluding carboxylic acids is 3. The number of rotatable bonds is 3. The molecule has 1 saturated carbocycles. The van der Waals surface area contributed by atoms with E-state index in [1.165, 1.54) is 6.42 Å². The molecule has 4 rings (SSSR count). The number of nitrogens with one attached hydrogen (secondary N) is 1. The topological polar surface area (TPSA) is 85.9 Å². The highest BCUT2D eigenvalue weighted by Crippen LogP contribution is 2.26. The molecule has 1 aliphatic carbocycles. The first kappa shape index (κ1) is 21.6. The van der Waals surface area contributed by atoms with Gasteiger partial charge in [0, 0.05) is 63.1 Å². The number of amides is 4. The molecule has 31 heavy (non-hydrogen) atoms. The van der Waals surface area contributed by atoms with Gasteiger partial charge in [0.2, 0.25) is 5.91 Å². The second-order valence-corrected chi connectivity index (χ2v) is 9.02. The van der Waals surface area contributed by atoms with Gasteiger partial charge in [0.1, 0.15) is 0 Å². The summed E-state index contributed by atoms with van der Waals surface area (Å²) in [5.41, 5.74) is 1.46. The van der Waals surface area contributed by atoms with Crippen molar-refractivity contribution in [2.75, 3.05) is 39.3 Å². The number of likely N-dealkylation sites (tertiary alicyclic amines) is 1. The predicted octanol–water partition coefficient (Wildman–Crippen LogP) is 2.04. The highest BCUT2D eigenvalue weighted by molar-refractivity contribution is 5.94. The van der Waals surface area contributed by atoms with E-state index in [4.69, 9.17) is 0 Å². The van der Waals surface area contributed by atoms with Crippen molar-refractivity contribution in [1.29, 1.82) is 0 Å². The molecule has 0 bridgehead atoms. The van der Waals surface area contributed by atoms with Gasteiger partial charge in [-0.25, -0.2) is 4.79 Å². The molecule has 0 radical (unpaired) electrons. The Balaban J connectivity index is 1.22. The van der Waals surface area contributed by atoms with E-state index in [9.17, 15) is 14.4 Å². The highest BCUT2D eigenvalue weighted by Gasteiger charge is 2.32. The van der Waals surface area contributed by atoms with Crippen LogP contribution in [0.15, 0.2) is 18.3 Å². The lowest BCUT2D eigenvalue weighted by atomic mass is 9.88. The number of nitrogens with zero attached hydrogens (tertiary/aromatic N) is 4. The molecular formula is C23H33N5O3. The Morgan fingerprint density at radius 3 is 2.29 bits per heavy atom. The Labute approximate surface area is 184 Å².